The van der Waals surface area contributed by atoms with Crippen LogP contribution in [0.15, 0.2) is 48.5 Å². The monoisotopic (exact) mass is 733 g/mol. The summed E-state index contributed by atoms with van der Waals surface area (Å²) in [6.07, 6.45) is 7.45. The van der Waals surface area contributed by atoms with Crippen molar-refractivity contribution >= 4 is 50.9 Å². The van der Waals surface area contributed by atoms with E-state index in [0.717, 1.165) is 23.6 Å². The molecule has 6 nitrogen and oxygen atoms in total. The van der Waals surface area contributed by atoms with Crippen molar-refractivity contribution < 1.29 is 20.6 Å². The van der Waals surface area contributed by atoms with E-state index in [9.17, 15) is 0 Å². The van der Waals surface area contributed by atoms with Crippen LogP contribution in [0.3, 0.4) is 0 Å². The summed E-state index contributed by atoms with van der Waals surface area (Å²) in [7, 11) is -13.7. The number of aryl methyl sites for hydroxylation is 1. The lowest BCUT2D eigenvalue weighted by Gasteiger charge is -2.43. The number of rotatable bonds is 20. The van der Waals surface area contributed by atoms with E-state index in [0.29, 0.717) is 5.56 Å². The Morgan fingerprint density at radius 2 is 0.891 bits per heavy atom. The molecule has 0 aliphatic heterocycles. The summed E-state index contributed by atoms with van der Waals surface area (Å²) in [6, 6.07) is 20.9. The van der Waals surface area contributed by atoms with Crippen molar-refractivity contribution in [1.82, 2.24) is 0 Å². The predicted molar refractivity (Wildman–Crippen MR) is 209 cm³/mol. The van der Waals surface area contributed by atoms with Crippen LogP contribution in [0.4, 0.5) is 0 Å². The van der Waals surface area contributed by atoms with Gasteiger partial charge in [0, 0.05) is 0 Å². The average Bonchev–Trinajstić information content (AvgIpc) is 2.88. The highest BCUT2D eigenvalue weighted by Gasteiger charge is 2.47. The summed E-state index contributed by atoms with van der Waals surface area (Å²) in [5.74, 6) is 0. The van der Waals surface area contributed by atoms with Gasteiger partial charge in [0.05, 0.1) is 11.6 Å². The van der Waals surface area contributed by atoms with Gasteiger partial charge in [0.2, 0.25) is 0 Å². The molecule has 0 saturated heterocycles. The molecular weight excluding hydrogens is 671 g/mol. The molecule has 0 aliphatic carbocycles. The third-order valence-corrected chi connectivity index (χ3v) is 30.9. The molecule has 0 unspecified atom stereocenters. The topological polar surface area (TPSA) is 69.9 Å². The molecule has 0 fully saturated rings. The van der Waals surface area contributed by atoms with Gasteiger partial charge >= 0.3 is 34.2 Å². The van der Waals surface area contributed by atoms with Crippen LogP contribution in [0.1, 0.15) is 50.2 Å². The zero-order valence-electron chi connectivity index (χ0n) is 31.3. The molecule has 2 aromatic carbocycles. The molecule has 46 heavy (non-hydrogen) atoms. The van der Waals surface area contributed by atoms with E-state index >= 15 is 0 Å². The number of benzene rings is 2. The smallest absolute Gasteiger partial charge is 0.314 e. The molecule has 258 valence electrons. The van der Waals surface area contributed by atoms with Gasteiger partial charge in [-0.1, -0.05) is 75.4 Å². The van der Waals surface area contributed by atoms with Crippen LogP contribution >= 0.6 is 0 Å². The molecule has 0 aromatic heterocycles. The van der Waals surface area contributed by atoms with Gasteiger partial charge in [-0.25, -0.2) is 0 Å². The quantitative estimate of drug-likeness (QED) is 0.0997. The Morgan fingerprint density at radius 3 is 1.33 bits per heavy atom. The van der Waals surface area contributed by atoms with Crippen molar-refractivity contribution in [3.8, 4) is 17.2 Å². The number of nitriles is 1. The van der Waals surface area contributed by atoms with E-state index < -0.39 is 50.9 Å². The highest BCUT2D eigenvalue weighted by atomic mass is 28.5. The van der Waals surface area contributed by atoms with Gasteiger partial charge in [0.15, 0.2) is 16.6 Å². The minimum Gasteiger partial charge on any atom is -0.436 e. The maximum Gasteiger partial charge on any atom is 0.314 e. The zero-order chi connectivity index (χ0) is 34.9. The Kier molecular flexibility index (Phi) is 15.3. The van der Waals surface area contributed by atoms with Crippen LogP contribution in [-0.4, -0.2) is 50.9 Å². The van der Waals surface area contributed by atoms with Crippen molar-refractivity contribution in [2.75, 3.05) is 0 Å². The van der Waals surface area contributed by atoms with Gasteiger partial charge < -0.3 is 20.6 Å². The Balaban J connectivity index is 1.92. The molecule has 0 atom stereocenters. The van der Waals surface area contributed by atoms with Crippen LogP contribution in [0.25, 0.3) is 11.1 Å². The first-order valence-electron chi connectivity index (χ1n) is 17.2. The molecule has 0 saturated carbocycles. The molecular formula is C34H63NO5Si6. The van der Waals surface area contributed by atoms with Crippen LogP contribution < -0.4 is 0 Å². The molecule has 2 rings (SSSR count). The molecule has 0 spiro atoms. The second kappa shape index (κ2) is 17.1. The molecule has 12 heteroatoms. The second-order valence-corrected chi connectivity index (χ2v) is 39.0. The van der Waals surface area contributed by atoms with E-state index in [4.69, 9.17) is 25.8 Å². The molecule has 0 amide bonds. The number of hydrogen-bond donors (Lipinski definition) is 0. The lowest BCUT2D eigenvalue weighted by Crippen LogP contribution is -2.60. The Labute approximate surface area is 288 Å². The predicted octanol–water partition coefficient (Wildman–Crippen LogP) is 11.0. The fourth-order valence-corrected chi connectivity index (χ4v) is 36.3. The first-order valence-corrected chi connectivity index (χ1v) is 34.7. The third-order valence-electron chi connectivity index (χ3n) is 7.72. The van der Waals surface area contributed by atoms with Crippen LogP contribution in [0.5, 0.6) is 0 Å². The van der Waals surface area contributed by atoms with Gasteiger partial charge in [-0.15, -0.1) is 0 Å². The van der Waals surface area contributed by atoms with Gasteiger partial charge in [-0.05, 0) is 126 Å². The largest absolute Gasteiger partial charge is 0.436 e. The van der Waals surface area contributed by atoms with Gasteiger partial charge in [0.1, 0.15) is 0 Å². The first-order chi connectivity index (χ1) is 21.1. The number of nitrogens with zero attached hydrogens (tertiary/aromatic N) is 1. The summed E-state index contributed by atoms with van der Waals surface area (Å²) in [5, 5.41) is 9.06. The van der Waals surface area contributed by atoms with E-state index in [2.05, 4.69) is 116 Å². The average molecular weight is 734 g/mol. The highest BCUT2D eigenvalue weighted by molar-refractivity contribution is 6.91. The lowest BCUT2D eigenvalue weighted by molar-refractivity contribution is 0.281. The fourth-order valence-electron chi connectivity index (χ4n) is 6.49. The maximum atomic E-state index is 9.06. The molecule has 0 aliphatic rings. The fraction of sp³-hybridized carbons (Fsp3) is 0.618. The molecule has 2 aromatic rings. The van der Waals surface area contributed by atoms with Crippen molar-refractivity contribution in [2.24, 2.45) is 0 Å². The van der Waals surface area contributed by atoms with Crippen LogP contribution in [0.2, 0.25) is 90.7 Å². The summed E-state index contributed by atoms with van der Waals surface area (Å²) < 4.78 is 34.1. The Hall–Kier alpha value is -0.969. The van der Waals surface area contributed by atoms with Crippen molar-refractivity contribution in [3.63, 3.8) is 0 Å². The standard InChI is InChI=1S/C34H63NO5Si6/c1-14-15-16-17-18-28-41(2,3)36-43(6,7)38-45(10,11)40-46(12,13)39-44(8,9)37-42(4,5)29-27-31-19-23-33(24-20-31)34-25-21-32(30-35)22-26-34/h19-26H,14-18,27-29H2,1-13H3. The van der Waals surface area contributed by atoms with E-state index in [-0.39, 0.29) is 0 Å². The number of unbranched alkanes of at least 4 members (excludes halogenated alkanes) is 4. The van der Waals surface area contributed by atoms with Crippen molar-refractivity contribution in [1.29, 1.82) is 5.26 Å². The van der Waals surface area contributed by atoms with Crippen LogP contribution in [-0.2, 0) is 27.0 Å². The highest BCUT2D eigenvalue weighted by Crippen LogP contribution is 2.30. The van der Waals surface area contributed by atoms with E-state index in [1.54, 1.807) is 0 Å². The SMILES string of the molecule is CCCCCCC[Si](C)(C)O[Si](C)(C)O[Si](C)(C)O[Si](C)(C)O[Si](C)(C)O[Si](C)(C)CCc1ccc(-c2ccc(C#N)cc2)cc1. The molecule has 0 N–H and O–H groups in total. The Morgan fingerprint density at radius 1 is 0.500 bits per heavy atom. The van der Waals surface area contributed by atoms with Gasteiger partial charge in [-0.2, -0.15) is 5.26 Å². The minimum absolute atomic E-state index is 0.680. The van der Waals surface area contributed by atoms with Crippen molar-refractivity contribution in [2.45, 2.75) is 136 Å². The first kappa shape index (κ1) is 41.2. The van der Waals surface area contributed by atoms with E-state index in [1.165, 1.54) is 43.7 Å². The summed E-state index contributed by atoms with van der Waals surface area (Å²) >= 11 is 0. The number of hydrogen-bond acceptors (Lipinski definition) is 6. The van der Waals surface area contributed by atoms with Gasteiger partial charge in [0.25, 0.3) is 0 Å². The van der Waals surface area contributed by atoms with Gasteiger partial charge in [-0.3, -0.25) is 0 Å². The Bertz CT molecular complexity index is 1260. The maximum absolute atomic E-state index is 9.06. The lowest BCUT2D eigenvalue weighted by atomic mass is 10.0. The van der Waals surface area contributed by atoms with Crippen molar-refractivity contribution in [3.05, 3.63) is 59.7 Å². The van der Waals surface area contributed by atoms with E-state index in [1.807, 2.05) is 24.3 Å². The van der Waals surface area contributed by atoms with Crippen LogP contribution in [0, 0.1) is 11.3 Å². The molecule has 0 bridgehead atoms. The minimum atomic E-state index is -2.54. The normalized spacial score (nSPS) is 13.6. The summed E-state index contributed by atoms with van der Waals surface area (Å²) in [6.45, 7) is 28.8. The third kappa shape index (κ3) is 16.0. The zero-order valence-corrected chi connectivity index (χ0v) is 37.3. The summed E-state index contributed by atoms with van der Waals surface area (Å²) in [5.41, 5.74) is 4.27. The molecule has 0 heterocycles. The summed E-state index contributed by atoms with van der Waals surface area (Å²) in [4.78, 5) is 0. The second-order valence-electron chi connectivity index (χ2n) is 15.7. The molecule has 0 radical (unpaired) electrons.